The first-order chi connectivity index (χ1) is 15.0. The number of hydrogen-bond donors (Lipinski definition) is 1. The van der Waals surface area contributed by atoms with Gasteiger partial charge in [0, 0.05) is 37.6 Å². The Kier molecular flexibility index (Phi) is 5.90. The lowest BCUT2D eigenvalue weighted by molar-refractivity contribution is 0.278. The summed E-state index contributed by atoms with van der Waals surface area (Å²) < 4.78 is 31.0. The smallest absolute Gasteiger partial charge is 0.243 e. The van der Waals surface area contributed by atoms with Gasteiger partial charge >= 0.3 is 0 Å². The summed E-state index contributed by atoms with van der Waals surface area (Å²) in [6.07, 6.45) is 3.58. The van der Waals surface area contributed by atoms with Crippen molar-refractivity contribution < 1.29 is 13.5 Å². The van der Waals surface area contributed by atoms with Crippen LogP contribution in [0.3, 0.4) is 0 Å². The van der Waals surface area contributed by atoms with Crippen molar-refractivity contribution in [3.8, 4) is 17.1 Å². The highest BCUT2D eigenvalue weighted by atomic mass is 32.2. The fraction of sp³-hybridized carbons (Fsp3) is 0.273. The van der Waals surface area contributed by atoms with Gasteiger partial charge in [0.1, 0.15) is 5.82 Å². The lowest BCUT2D eigenvalue weighted by Crippen LogP contribution is -2.30. The second kappa shape index (κ2) is 8.62. The van der Waals surface area contributed by atoms with Crippen LogP contribution in [0.4, 0.5) is 0 Å². The second-order valence-electron chi connectivity index (χ2n) is 7.05. The van der Waals surface area contributed by atoms with Crippen LogP contribution in [0, 0.1) is 0 Å². The van der Waals surface area contributed by atoms with Gasteiger partial charge in [-0.15, -0.1) is 0 Å². The minimum Gasteiger partial charge on any atom is -0.395 e. The van der Waals surface area contributed by atoms with Crippen molar-refractivity contribution in [1.29, 1.82) is 0 Å². The van der Waals surface area contributed by atoms with Crippen molar-refractivity contribution in [2.75, 3.05) is 19.7 Å². The van der Waals surface area contributed by atoms with E-state index in [2.05, 4.69) is 5.10 Å². The van der Waals surface area contributed by atoms with Crippen LogP contribution >= 0.6 is 0 Å². The molecule has 0 radical (unpaired) electrons. The Balaban J connectivity index is 1.85. The Hall–Kier alpha value is -3.01. The fourth-order valence-corrected chi connectivity index (χ4v) is 5.22. The number of aliphatic hydroxyl groups is 1. The molecule has 0 fully saturated rings. The van der Waals surface area contributed by atoms with Gasteiger partial charge in [0.2, 0.25) is 10.0 Å². The highest BCUT2D eigenvalue weighted by molar-refractivity contribution is 7.89. The van der Waals surface area contributed by atoms with Crippen LogP contribution in [0.15, 0.2) is 65.8 Å². The summed E-state index contributed by atoms with van der Waals surface area (Å²) in [6, 6.07) is 14.6. The fourth-order valence-electron chi connectivity index (χ4n) is 3.74. The largest absolute Gasteiger partial charge is 0.395 e. The monoisotopic (exact) mass is 439 g/mol. The molecule has 1 N–H and O–H groups in total. The molecule has 0 atom stereocenters. The van der Waals surface area contributed by atoms with Gasteiger partial charge in [0.25, 0.3) is 0 Å². The van der Waals surface area contributed by atoms with E-state index < -0.39 is 10.0 Å². The molecular formula is C22H25N5O3S. The van der Waals surface area contributed by atoms with Gasteiger partial charge < -0.3 is 9.67 Å². The van der Waals surface area contributed by atoms with Crippen LogP contribution in [0.1, 0.15) is 13.8 Å². The SMILES string of the molecule is CCN(CC)S(=O)(=O)c1ccc2c(c1)nc(-c1cccc(-n3cccn3)c1)n2CCO. The molecule has 4 aromatic rings. The molecule has 0 saturated heterocycles. The molecule has 4 rings (SSSR count). The predicted molar refractivity (Wildman–Crippen MR) is 119 cm³/mol. The summed E-state index contributed by atoms with van der Waals surface area (Å²) >= 11 is 0. The van der Waals surface area contributed by atoms with Crippen molar-refractivity contribution in [3.63, 3.8) is 0 Å². The quantitative estimate of drug-likeness (QED) is 0.456. The van der Waals surface area contributed by atoms with Gasteiger partial charge in [0.05, 0.1) is 28.2 Å². The van der Waals surface area contributed by atoms with Gasteiger partial charge in [-0.3, -0.25) is 0 Å². The molecule has 0 amide bonds. The van der Waals surface area contributed by atoms with E-state index >= 15 is 0 Å². The van der Waals surface area contributed by atoms with Crippen molar-refractivity contribution in [2.45, 2.75) is 25.3 Å². The normalized spacial score (nSPS) is 12.1. The summed E-state index contributed by atoms with van der Waals surface area (Å²) in [5.41, 5.74) is 3.08. The molecule has 9 heteroatoms. The Labute approximate surface area is 181 Å². The Morgan fingerprint density at radius 2 is 1.87 bits per heavy atom. The molecule has 0 unspecified atom stereocenters. The molecule has 0 aliphatic rings. The van der Waals surface area contributed by atoms with Gasteiger partial charge in [0.15, 0.2) is 0 Å². The van der Waals surface area contributed by atoms with E-state index in [0.717, 1.165) is 16.8 Å². The number of aromatic nitrogens is 4. The standard InChI is InChI=1S/C22H25N5O3S/c1-3-25(4-2)31(29,30)19-9-10-21-20(16-19)24-22(26(21)13-14-28)17-7-5-8-18(15-17)27-12-6-11-23-27/h5-12,15-16,28H,3-4,13-14H2,1-2H3. The number of benzene rings is 2. The summed E-state index contributed by atoms with van der Waals surface area (Å²) in [7, 11) is -3.59. The third-order valence-electron chi connectivity index (χ3n) is 5.26. The summed E-state index contributed by atoms with van der Waals surface area (Å²) in [5.74, 6) is 0.662. The number of rotatable bonds is 8. The molecule has 2 heterocycles. The first-order valence-electron chi connectivity index (χ1n) is 10.2. The minimum absolute atomic E-state index is 0.0587. The minimum atomic E-state index is -3.59. The molecular weight excluding hydrogens is 414 g/mol. The van der Waals surface area contributed by atoms with Crippen LogP contribution in [-0.4, -0.2) is 56.9 Å². The van der Waals surface area contributed by atoms with Gasteiger partial charge in [-0.25, -0.2) is 18.1 Å². The number of imidazole rings is 1. The lowest BCUT2D eigenvalue weighted by Gasteiger charge is -2.18. The van der Waals surface area contributed by atoms with Crippen molar-refractivity contribution in [3.05, 3.63) is 60.9 Å². The van der Waals surface area contributed by atoms with E-state index in [-0.39, 0.29) is 11.5 Å². The average molecular weight is 440 g/mol. The topological polar surface area (TPSA) is 93.3 Å². The van der Waals surface area contributed by atoms with E-state index in [9.17, 15) is 13.5 Å². The molecule has 0 saturated carbocycles. The van der Waals surface area contributed by atoms with Crippen LogP contribution in [0.2, 0.25) is 0 Å². The highest BCUT2D eigenvalue weighted by Gasteiger charge is 2.23. The Bertz CT molecular complexity index is 1290. The summed E-state index contributed by atoms with van der Waals surface area (Å²) in [5, 5.41) is 13.9. The molecule has 0 aliphatic heterocycles. The van der Waals surface area contributed by atoms with E-state index in [4.69, 9.17) is 4.98 Å². The maximum atomic E-state index is 12.9. The van der Waals surface area contributed by atoms with Crippen LogP contribution < -0.4 is 0 Å². The van der Waals surface area contributed by atoms with E-state index in [1.54, 1.807) is 29.1 Å². The summed E-state index contributed by atoms with van der Waals surface area (Å²) in [6.45, 7) is 4.74. The molecule has 2 aromatic heterocycles. The van der Waals surface area contributed by atoms with E-state index in [0.29, 0.717) is 31.0 Å². The zero-order chi connectivity index (χ0) is 22.0. The molecule has 8 nitrogen and oxygen atoms in total. The van der Waals surface area contributed by atoms with Crippen LogP contribution in [0.5, 0.6) is 0 Å². The van der Waals surface area contributed by atoms with Crippen LogP contribution in [0.25, 0.3) is 28.1 Å². The van der Waals surface area contributed by atoms with Gasteiger partial charge in [-0.1, -0.05) is 26.0 Å². The van der Waals surface area contributed by atoms with Crippen LogP contribution in [-0.2, 0) is 16.6 Å². The Morgan fingerprint density at radius 1 is 1.06 bits per heavy atom. The third kappa shape index (κ3) is 3.87. The van der Waals surface area contributed by atoms with Gasteiger partial charge in [-0.2, -0.15) is 9.40 Å². The van der Waals surface area contributed by atoms with Gasteiger partial charge in [-0.05, 0) is 36.4 Å². The molecule has 31 heavy (non-hydrogen) atoms. The lowest BCUT2D eigenvalue weighted by atomic mass is 10.2. The highest BCUT2D eigenvalue weighted by Crippen LogP contribution is 2.28. The summed E-state index contributed by atoms with van der Waals surface area (Å²) in [4.78, 5) is 4.97. The number of nitrogens with zero attached hydrogens (tertiary/aromatic N) is 5. The number of sulfonamides is 1. The zero-order valence-corrected chi connectivity index (χ0v) is 18.3. The second-order valence-corrected chi connectivity index (χ2v) is 8.99. The predicted octanol–water partition coefficient (Wildman–Crippen LogP) is 2.91. The maximum Gasteiger partial charge on any atom is 0.243 e. The Morgan fingerprint density at radius 3 is 2.55 bits per heavy atom. The molecule has 2 aromatic carbocycles. The number of fused-ring (bicyclic) bond motifs is 1. The first-order valence-corrected chi connectivity index (χ1v) is 11.6. The van der Waals surface area contributed by atoms with E-state index in [1.165, 1.54) is 4.31 Å². The molecule has 0 spiro atoms. The van der Waals surface area contributed by atoms with Crippen molar-refractivity contribution in [1.82, 2.24) is 23.6 Å². The van der Waals surface area contributed by atoms with E-state index in [1.807, 2.05) is 54.9 Å². The molecule has 0 bridgehead atoms. The number of aliphatic hydroxyl groups excluding tert-OH is 1. The maximum absolute atomic E-state index is 12.9. The molecule has 162 valence electrons. The first kappa shape index (κ1) is 21.2. The number of hydrogen-bond acceptors (Lipinski definition) is 5. The third-order valence-corrected chi connectivity index (χ3v) is 7.31. The van der Waals surface area contributed by atoms with Crippen molar-refractivity contribution in [2.24, 2.45) is 0 Å². The zero-order valence-electron chi connectivity index (χ0n) is 17.5. The van der Waals surface area contributed by atoms with Crippen molar-refractivity contribution >= 4 is 21.1 Å². The average Bonchev–Trinajstić information content (AvgIpc) is 3.43. The molecule has 0 aliphatic carbocycles.